The van der Waals surface area contributed by atoms with Crippen molar-refractivity contribution in [1.82, 2.24) is 34.4 Å². The Bertz CT molecular complexity index is 2150. The topological polar surface area (TPSA) is 161 Å². The summed E-state index contributed by atoms with van der Waals surface area (Å²) in [6, 6.07) is 1.24. The van der Waals surface area contributed by atoms with Gasteiger partial charge in [-0.05, 0) is 50.5 Å². The third kappa shape index (κ3) is 6.06. The average molecular weight is 712 g/mol. The number of halogens is 4. The van der Waals surface area contributed by atoms with Crippen LogP contribution in [-0.4, -0.2) is 89.7 Å². The van der Waals surface area contributed by atoms with Crippen LogP contribution in [0, 0.1) is 12.7 Å². The molecule has 18 heteroatoms. The van der Waals surface area contributed by atoms with Crippen LogP contribution in [0.3, 0.4) is 0 Å². The first-order valence-corrected chi connectivity index (χ1v) is 16.4. The SMILES string of the molecule is CCc1c(N2CCN(C(=O)c3ncnc(C)c3O)[C@H]3CC[C@@H]32)c(=O)c2nn(C3=CCOCC3)nc2n1CC(=O)Nc1ccc(C(F)(F)F)cc1F. The van der Waals surface area contributed by atoms with Gasteiger partial charge in [0.25, 0.3) is 5.91 Å². The lowest BCUT2D eigenvalue weighted by molar-refractivity contribution is -0.137. The predicted molar refractivity (Wildman–Crippen MR) is 175 cm³/mol. The molecule has 4 aromatic rings. The Balaban J connectivity index is 1.27. The number of pyridine rings is 1. The van der Waals surface area contributed by atoms with Gasteiger partial charge in [0, 0.05) is 31.2 Å². The van der Waals surface area contributed by atoms with Crippen molar-refractivity contribution in [2.75, 3.05) is 36.5 Å². The number of aryl methyl sites for hydroxylation is 1. The van der Waals surface area contributed by atoms with Gasteiger partial charge in [0.15, 0.2) is 22.6 Å². The van der Waals surface area contributed by atoms with Crippen LogP contribution < -0.4 is 15.6 Å². The van der Waals surface area contributed by atoms with Gasteiger partial charge in [-0.3, -0.25) is 14.4 Å². The number of anilines is 2. The van der Waals surface area contributed by atoms with Gasteiger partial charge in [0.1, 0.15) is 24.4 Å². The Morgan fingerprint density at radius 3 is 2.57 bits per heavy atom. The van der Waals surface area contributed by atoms with Crippen LogP contribution in [-0.2, 0) is 28.7 Å². The smallest absolute Gasteiger partial charge is 0.416 e. The molecule has 2 aliphatic heterocycles. The highest BCUT2D eigenvalue weighted by Gasteiger charge is 2.47. The molecule has 5 heterocycles. The number of ether oxygens (including phenoxy) is 1. The fourth-order valence-corrected chi connectivity index (χ4v) is 6.93. The summed E-state index contributed by atoms with van der Waals surface area (Å²) in [7, 11) is 0. The summed E-state index contributed by atoms with van der Waals surface area (Å²) in [5.74, 6) is -2.77. The number of fused-ring (bicyclic) bond motifs is 2. The summed E-state index contributed by atoms with van der Waals surface area (Å²) in [6.45, 7) is 4.09. The van der Waals surface area contributed by atoms with Crippen LogP contribution in [0.5, 0.6) is 5.75 Å². The molecule has 14 nitrogen and oxygen atoms in total. The molecule has 2 fully saturated rings. The van der Waals surface area contributed by atoms with Gasteiger partial charge in [0.2, 0.25) is 11.3 Å². The number of carbonyl (C=O) groups excluding carboxylic acids is 2. The fourth-order valence-electron chi connectivity index (χ4n) is 6.93. The minimum Gasteiger partial charge on any atom is -0.504 e. The lowest BCUT2D eigenvalue weighted by Gasteiger charge is -2.54. The molecule has 0 spiro atoms. The molecule has 1 aliphatic carbocycles. The lowest BCUT2D eigenvalue weighted by Crippen LogP contribution is -2.67. The van der Waals surface area contributed by atoms with E-state index in [1.54, 1.807) is 24.8 Å². The first-order chi connectivity index (χ1) is 24.4. The van der Waals surface area contributed by atoms with Crippen LogP contribution in [0.2, 0.25) is 0 Å². The summed E-state index contributed by atoms with van der Waals surface area (Å²) in [4.78, 5) is 54.3. The van der Waals surface area contributed by atoms with E-state index in [1.165, 1.54) is 15.7 Å². The zero-order valence-electron chi connectivity index (χ0n) is 27.6. The number of rotatable bonds is 7. The van der Waals surface area contributed by atoms with Crippen LogP contribution in [0.25, 0.3) is 16.9 Å². The Morgan fingerprint density at radius 1 is 1.12 bits per heavy atom. The number of hydrogen-bond donors (Lipinski definition) is 2. The van der Waals surface area contributed by atoms with Gasteiger partial charge < -0.3 is 29.5 Å². The number of alkyl halides is 3. The van der Waals surface area contributed by atoms with E-state index in [1.807, 2.05) is 4.90 Å². The predicted octanol–water partition coefficient (Wildman–Crippen LogP) is 3.51. The summed E-state index contributed by atoms with van der Waals surface area (Å²) in [5.41, 5.74) is -0.382. The van der Waals surface area contributed by atoms with Crippen molar-refractivity contribution in [1.29, 1.82) is 0 Å². The molecule has 1 aromatic carbocycles. The van der Waals surface area contributed by atoms with Crippen molar-refractivity contribution < 1.29 is 37.0 Å². The van der Waals surface area contributed by atoms with Crippen molar-refractivity contribution in [2.45, 2.75) is 64.3 Å². The largest absolute Gasteiger partial charge is 0.504 e. The fraction of sp³-hybridized carbons (Fsp3) is 0.424. The van der Waals surface area contributed by atoms with Crippen molar-refractivity contribution in [2.24, 2.45) is 0 Å². The van der Waals surface area contributed by atoms with Crippen molar-refractivity contribution in [3.63, 3.8) is 0 Å². The first-order valence-electron chi connectivity index (χ1n) is 16.4. The monoisotopic (exact) mass is 711 g/mol. The van der Waals surface area contributed by atoms with Crippen molar-refractivity contribution >= 4 is 40.1 Å². The summed E-state index contributed by atoms with van der Waals surface area (Å²) >= 11 is 0. The van der Waals surface area contributed by atoms with Crippen LogP contribution in [0.1, 0.15) is 53.6 Å². The van der Waals surface area contributed by atoms with E-state index in [4.69, 9.17) is 4.74 Å². The third-order valence-corrected chi connectivity index (χ3v) is 9.63. The summed E-state index contributed by atoms with van der Waals surface area (Å²) in [5, 5.41) is 22.0. The molecule has 3 aliphatic rings. The molecule has 3 aromatic heterocycles. The van der Waals surface area contributed by atoms with E-state index in [0.29, 0.717) is 56.0 Å². The highest BCUT2D eigenvalue weighted by Crippen LogP contribution is 2.39. The molecule has 2 amide bonds. The molecular weight excluding hydrogens is 678 g/mol. The molecule has 2 N–H and O–H groups in total. The van der Waals surface area contributed by atoms with Crippen molar-refractivity contribution in [3.8, 4) is 5.75 Å². The average Bonchev–Trinajstić information content (AvgIpc) is 3.54. The Hall–Kier alpha value is -5.39. The van der Waals surface area contributed by atoms with E-state index >= 15 is 0 Å². The standard InChI is InChI=1S/C33H33F4N9O5/c1-3-22-28(43-10-11-44(24-7-6-23(24)43)32(50)27-29(48)17(2)38-16-39-27)30(49)26-31(42-46(41-26)19-8-12-51-13-9-19)45(22)15-25(47)40-21-5-4-18(14-20(21)34)33(35,36)37/h4-5,8,14,16,23-24,48H,3,6-7,9-13,15H2,1-2H3,(H,40,47)/t23-,24-/m0/s1. The quantitative estimate of drug-likeness (QED) is 0.272. The maximum atomic E-state index is 14.7. The number of carbonyl (C=O) groups is 2. The number of aromatic hydroxyl groups is 1. The molecule has 1 saturated carbocycles. The second-order valence-electron chi connectivity index (χ2n) is 12.5. The Labute approximate surface area is 287 Å². The first kappa shape index (κ1) is 34.1. The summed E-state index contributed by atoms with van der Waals surface area (Å²) in [6.07, 6.45) is 0.255. The molecule has 268 valence electrons. The van der Waals surface area contributed by atoms with E-state index in [-0.39, 0.29) is 65.6 Å². The lowest BCUT2D eigenvalue weighted by atomic mass is 9.81. The van der Waals surface area contributed by atoms with Gasteiger partial charge in [-0.2, -0.15) is 18.0 Å². The normalized spacial score (nSPS) is 19.1. The molecule has 2 atom stereocenters. The molecule has 7 rings (SSSR count). The molecular formula is C33H33F4N9O5. The van der Waals surface area contributed by atoms with Crippen LogP contribution in [0.15, 0.2) is 35.4 Å². The van der Waals surface area contributed by atoms with Gasteiger partial charge in [-0.25, -0.2) is 14.4 Å². The number of benzene rings is 1. The van der Waals surface area contributed by atoms with Gasteiger partial charge >= 0.3 is 6.18 Å². The minimum absolute atomic E-state index is 0.0149. The zero-order chi connectivity index (χ0) is 36.2. The van der Waals surface area contributed by atoms with Gasteiger partial charge in [0.05, 0.1) is 41.9 Å². The maximum absolute atomic E-state index is 14.7. The zero-order valence-corrected chi connectivity index (χ0v) is 27.6. The number of piperazine rings is 1. The summed E-state index contributed by atoms with van der Waals surface area (Å²) < 4.78 is 61.0. The van der Waals surface area contributed by atoms with Gasteiger partial charge in [-0.15, -0.1) is 10.2 Å². The van der Waals surface area contributed by atoms with Crippen molar-refractivity contribution in [3.05, 3.63) is 69.3 Å². The molecule has 0 radical (unpaired) electrons. The molecule has 0 bridgehead atoms. The van der Waals surface area contributed by atoms with Gasteiger partial charge in [-0.1, -0.05) is 6.92 Å². The van der Waals surface area contributed by atoms with E-state index in [9.17, 15) is 37.1 Å². The van der Waals surface area contributed by atoms with Crippen LogP contribution >= 0.6 is 0 Å². The second-order valence-corrected chi connectivity index (χ2v) is 12.5. The van der Waals surface area contributed by atoms with E-state index in [2.05, 4.69) is 25.5 Å². The number of nitrogens with one attached hydrogen (secondary N) is 1. The van der Waals surface area contributed by atoms with E-state index < -0.39 is 47.0 Å². The molecule has 51 heavy (non-hydrogen) atoms. The Morgan fingerprint density at radius 2 is 1.90 bits per heavy atom. The minimum atomic E-state index is -4.77. The highest BCUT2D eigenvalue weighted by molar-refractivity contribution is 5.96. The Kier molecular flexibility index (Phi) is 8.72. The second kappa shape index (κ2) is 13.1. The number of nitrogens with zero attached hydrogens (tertiary/aromatic N) is 8. The van der Waals surface area contributed by atoms with Crippen LogP contribution in [0.4, 0.5) is 28.9 Å². The number of hydrogen-bond acceptors (Lipinski definition) is 10. The molecule has 0 unspecified atom stereocenters. The van der Waals surface area contributed by atoms with E-state index in [0.717, 1.165) is 6.07 Å². The number of aromatic nitrogens is 6. The number of amides is 2. The molecule has 1 saturated heterocycles. The highest BCUT2D eigenvalue weighted by atomic mass is 19.4. The third-order valence-electron chi connectivity index (χ3n) is 9.63. The maximum Gasteiger partial charge on any atom is 0.416 e.